The van der Waals surface area contributed by atoms with Gasteiger partial charge in [0.15, 0.2) is 0 Å². The molecule has 0 aliphatic heterocycles. The molecule has 0 saturated carbocycles. The lowest BCUT2D eigenvalue weighted by molar-refractivity contribution is -0.757. The van der Waals surface area contributed by atoms with E-state index in [2.05, 4.69) is 9.82 Å². The highest BCUT2D eigenvalue weighted by atomic mass is 32.1. The molecule has 0 radical (unpaired) electrons. The third kappa shape index (κ3) is 3.01. The number of hydrogen-bond donors (Lipinski definition) is 0. The lowest BCUT2D eigenvalue weighted by Gasteiger charge is -1.96. The van der Waals surface area contributed by atoms with Crippen molar-refractivity contribution in [1.82, 2.24) is 4.98 Å². The molecule has 0 fully saturated rings. The molecule has 0 saturated heterocycles. The molecule has 0 spiro atoms. The molecule has 90 valence electrons. The van der Waals surface area contributed by atoms with E-state index in [4.69, 9.17) is 0 Å². The van der Waals surface area contributed by atoms with Crippen LogP contribution in [0.15, 0.2) is 17.5 Å². The van der Waals surface area contributed by atoms with Gasteiger partial charge in [-0.1, -0.05) is 6.07 Å². The molecular formula is C10H10N2O3S2. The maximum atomic E-state index is 10.0. The number of rotatable bonds is 5. The summed E-state index contributed by atoms with van der Waals surface area (Å²) >= 11 is 3.20. The Hall–Kier alpha value is -1.47. The van der Waals surface area contributed by atoms with E-state index >= 15 is 0 Å². The minimum absolute atomic E-state index is 0.0832. The first kappa shape index (κ1) is 12.0. The van der Waals surface area contributed by atoms with Crippen LogP contribution in [0.3, 0.4) is 0 Å². The second kappa shape index (κ2) is 5.24. The second-order valence-electron chi connectivity index (χ2n) is 3.31. The molecule has 0 aliphatic rings. The molecule has 2 rings (SSSR count). The predicted octanol–water partition coefficient (Wildman–Crippen LogP) is 2.93. The van der Waals surface area contributed by atoms with Gasteiger partial charge in [-0.05, 0) is 18.4 Å². The number of thiazole rings is 1. The quantitative estimate of drug-likeness (QED) is 0.619. The summed E-state index contributed by atoms with van der Waals surface area (Å²) in [7, 11) is 0. The summed E-state index contributed by atoms with van der Waals surface area (Å²) in [6.07, 6.45) is 0.524. The van der Waals surface area contributed by atoms with Gasteiger partial charge in [0.2, 0.25) is 0 Å². The van der Waals surface area contributed by atoms with Gasteiger partial charge >= 0.3 is 0 Å². The third-order valence-electron chi connectivity index (χ3n) is 2.15. The first-order valence-electron chi connectivity index (χ1n) is 4.94. The smallest absolute Gasteiger partial charge is 0.294 e. The van der Waals surface area contributed by atoms with Crippen LogP contribution in [0.2, 0.25) is 0 Å². The second-order valence-corrected chi connectivity index (χ2v) is 5.34. The van der Waals surface area contributed by atoms with E-state index in [1.165, 1.54) is 0 Å². The fourth-order valence-electron chi connectivity index (χ4n) is 1.38. The number of nitrogens with zero attached hydrogens (tertiary/aromatic N) is 2. The van der Waals surface area contributed by atoms with Gasteiger partial charge in [0.25, 0.3) is 5.09 Å². The number of hydrogen-bond acceptors (Lipinski definition) is 6. The Morgan fingerprint density at radius 2 is 2.41 bits per heavy atom. The van der Waals surface area contributed by atoms with Crippen LogP contribution in [0.1, 0.15) is 10.6 Å². The molecule has 2 heterocycles. The van der Waals surface area contributed by atoms with Crippen molar-refractivity contribution in [2.75, 3.05) is 6.61 Å². The van der Waals surface area contributed by atoms with Gasteiger partial charge in [-0.3, -0.25) is 0 Å². The van der Waals surface area contributed by atoms with Gasteiger partial charge in [-0.25, -0.2) is 4.98 Å². The monoisotopic (exact) mass is 270 g/mol. The van der Waals surface area contributed by atoms with Crippen LogP contribution >= 0.6 is 22.7 Å². The largest absolute Gasteiger partial charge is 0.314 e. The lowest BCUT2D eigenvalue weighted by Crippen LogP contribution is -2.04. The van der Waals surface area contributed by atoms with E-state index in [-0.39, 0.29) is 6.61 Å². The highest BCUT2D eigenvalue weighted by molar-refractivity contribution is 7.21. The molecule has 2 aromatic heterocycles. The van der Waals surface area contributed by atoms with E-state index in [0.29, 0.717) is 6.42 Å². The van der Waals surface area contributed by atoms with Crippen LogP contribution in [0.4, 0.5) is 0 Å². The van der Waals surface area contributed by atoms with E-state index < -0.39 is 5.09 Å². The van der Waals surface area contributed by atoms with Crippen molar-refractivity contribution in [2.45, 2.75) is 13.3 Å². The van der Waals surface area contributed by atoms with E-state index in [0.717, 1.165) is 20.5 Å². The Labute approximate surface area is 106 Å². The lowest BCUT2D eigenvalue weighted by atomic mass is 10.3. The zero-order valence-corrected chi connectivity index (χ0v) is 10.7. The molecule has 0 aromatic carbocycles. The Kier molecular flexibility index (Phi) is 3.70. The van der Waals surface area contributed by atoms with Gasteiger partial charge < -0.3 is 4.84 Å². The number of aryl methyl sites for hydroxylation is 1. The fraction of sp³-hybridized carbons (Fsp3) is 0.300. The Bertz CT molecular complexity index is 508. The average Bonchev–Trinajstić information content (AvgIpc) is 2.87. The molecule has 0 bridgehead atoms. The minimum Gasteiger partial charge on any atom is -0.314 e. The van der Waals surface area contributed by atoms with Crippen molar-refractivity contribution in [3.63, 3.8) is 0 Å². The molecule has 0 unspecified atom stereocenters. The highest BCUT2D eigenvalue weighted by Gasteiger charge is 2.10. The SMILES string of the molecule is Cc1nc(-c2cccs2)sc1CCO[N+](=O)[O-]. The maximum absolute atomic E-state index is 10.0. The molecule has 0 aliphatic carbocycles. The molecule has 5 nitrogen and oxygen atoms in total. The van der Waals surface area contributed by atoms with Crippen LogP contribution in [0.25, 0.3) is 9.88 Å². The molecule has 2 aromatic rings. The molecule has 7 heteroatoms. The van der Waals surface area contributed by atoms with Crippen LogP contribution in [0, 0.1) is 17.0 Å². The van der Waals surface area contributed by atoms with Crippen molar-refractivity contribution >= 4 is 22.7 Å². The summed E-state index contributed by atoms with van der Waals surface area (Å²) in [6, 6.07) is 3.99. The summed E-state index contributed by atoms with van der Waals surface area (Å²) in [5, 5.41) is 12.2. The topological polar surface area (TPSA) is 65.3 Å². The van der Waals surface area contributed by atoms with Gasteiger partial charge in [-0.15, -0.1) is 32.8 Å². The van der Waals surface area contributed by atoms with E-state index in [1.54, 1.807) is 22.7 Å². The fourth-order valence-corrected chi connectivity index (χ4v) is 3.22. The number of aromatic nitrogens is 1. The third-order valence-corrected chi connectivity index (χ3v) is 4.41. The number of thiophene rings is 1. The first-order chi connectivity index (χ1) is 8.16. The Balaban J connectivity index is 2.06. The standard InChI is InChI=1S/C10H10N2O3S2/c1-7-8(4-5-15-12(13)14)17-10(11-7)9-3-2-6-16-9/h2-3,6H,4-5H2,1H3. The summed E-state index contributed by atoms with van der Waals surface area (Å²) in [5.74, 6) is 0. The van der Waals surface area contributed by atoms with Gasteiger partial charge in [0.05, 0.1) is 10.6 Å². The van der Waals surface area contributed by atoms with E-state index in [1.807, 2.05) is 24.4 Å². The van der Waals surface area contributed by atoms with Gasteiger partial charge in [0, 0.05) is 11.3 Å². The van der Waals surface area contributed by atoms with Crippen molar-refractivity contribution < 1.29 is 9.92 Å². The molecule has 0 atom stereocenters. The van der Waals surface area contributed by atoms with Gasteiger partial charge in [-0.2, -0.15) is 0 Å². The molecule has 17 heavy (non-hydrogen) atoms. The van der Waals surface area contributed by atoms with Crippen molar-refractivity contribution in [2.24, 2.45) is 0 Å². The summed E-state index contributed by atoms with van der Waals surface area (Å²) in [5.41, 5.74) is 0.922. The summed E-state index contributed by atoms with van der Waals surface area (Å²) < 4.78 is 0. The van der Waals surface area contributed by atoms with Crippen LogP contribution in [0.5, 0.6) is 0 Å². The van der Waals surface area contributed by atoms with E-state index in [9.17, 15) is 10.1 Å². The van der Waals surface area contributed by atoms with Gasteiger partial charge in [0.1, 0.15) is 11.6 Å². The Morgan fingerprint density at radius 3 is 3.06 bits per heavy atom. The average molecular weight is 270 g/mol. The first-order valence-corrected chi connectivity index (χ1v) is 6.64. The van der Waals surface area contributed by atoms with Crippen LogP contribution in [-0.4, -0.2) is 16.7 Å². The predicted molar refractivity (Wildman–Crippen MR) is 66.8 cm³/mol. The maximum Gasteiger partial charge on any atom is 0.294 e. The minimum atomic E-state index is -0.767. The van der Waals surface area contributed by atoms with Crippen molar-refractivity contribution in [1.29, 1.82) is 0 Å². The van der Waals surface area contributed by atoms with Crippen LogP contribution < -0.4 is 0 Å². The van der Waals surface area contributed by atoms with Crippen LogP contribution in [-0.2, 0) is 11.3 Å². The summed E-state index contributed by atoms with van der Waals surface area (Å²) in [4.78, 5) is 21.0. The zero-order chi connectivity index (χ0) is 12.3. The summed E-state index contributed by atoms with van der Waals surface area (Å²) in [6.45, 7) is 2.00. The van der Waals surface area contributed by atoms with Crippen molar-refractivity contribution in [3.8, 4) is 9.88 Å². The normalized spacial score (nSPS) is 10.4. The molecular weight excluding hydrogens is 260 g/mol. The molecule has 0 N–H and O–H groups in total. The zero-order valence-electron chi connectivity index (χ0n) is 9.08. The molecule has 0 amide bonds. The van der Waals surface area contributed by atoms with Crippen molar-refractivity contribution in [3.05, 3.63) is 38.2 Å². The highest BCUT2D eigenvalue weighted by Crippen LogP contribution is 2.31. The Morgan fingerprint density at radius 1 is 1.59 bits per heavy atom.